The summed E-state index contributed by atoms with van der Waals surface area (Å²) < 4.78 is 0. The smallest absolute Gasteiger partial charge is 0.253 e. The molecule has 106 valence electrons. The Morgan fingerprint density at radius 2 is 1.75 bits per heavy atom. The van der Waals surface area contributed by atoms with Crippen LogP contribution in [0.3, 0.4) is 0 Å². The van der Waals surface area contributed by atoms with E-state index in [4.69, 9.17) is 0 Å². The van der Waals surface area contributed by atoms with Gasteiger partial charge >= 0.3 is 0 Å². The van der Waals surface area contributed by atoms with Crippen molar-refractivity contribution in [2.24, 2.45) is 0 Å². The van der Waals surface area contributed by atoms with Gasteiger partial charge < -0.3 is 10.3 Å². The van der Waals surface area contributed by atoms with Gasteiger partial charge in [0.15, 0.2) is 0 Å². The summed E-state index contributed by atoms with van der Waals surface area (Å²) >= 11 is 0. The summed E-state index contributed by atoms with van der Waals surface area (Å²) in [5.74, 6) is -0.202. The van der Waals surface area contributed by atoms with Gasteiger partial charge in [-0.05, 0) is 18.6 Å². The third-order valence-electron chi connectivity index (χ3n) is 2.62. The first-order valence-electron chi connectivity index (χ1n) is 6.67. The third-order valence-corrected chi connectivity index (χ3v) is 2.62. The Morgan fingerprint density at radius 3 is 2.30 bits per heavy atom. The van der Waals surface area contributed by atoms with Crippen LogP contribution in [-0.4, -0.2) is 10.9 Å². The fraction of sp³-hybridized carbons (Fsp3) is 0.250. The first-order chi connectivity index (χ1) is 9.65. The number of benzene rings is 1. The van der Waals surface area contributed by atoms with Crippen molar-refractivity contribution in [3.63, 3.8) is 0 Å². The largest absolute Gasteiger partial charge is 0.348 e. The second-order valence-corrected chi connectivity index (χ2v) is 4.11. The Kier molecular flexibility index (Phi) is 6.23. The molecular formula is C16H20N2O2. The lowest BCUT2D eigenvalue weighted by atomic mass is 10.1. The second kappa shape index (κ2) is 7.94. The molecule has 0 unspecified atom stereocenters. The number of hydrogen-bond acceptors (Lipinski definition) is 2. The van der Waals surface area contributed by atoms with Gasteiger partial charge in [-0.15, -0.1) is 0 Å². The highest BCUT2D eigenvalue weighted by molar-refractivity contribution is 5.93. The Morgan fingerprint density at radius 1 is 1.10 bits per heavy atom. The summed E-state index contributed by atoms with van der Waals surface area (Å²) in [6.45, 7) is 6.49. The van der Waals surface area contributed by atoms with Crippen LogP contribution in [0.25, 0.3) is 0 Å². The number of H-pyrrole nitrogens is 1. The van der Waals surface area contributed by atoms with Crippen molar-refractivity contribution in [1.29, 1.82) is 0 Å². The molecule has 1 amide bonds. The third kappa shape index (κ3) is 4.72. The van der Waals surface area contributed by atoms with Crippen LogP contribution in [0.1, 0.15) is 35.3 Å². The number of hydrogen-bond donors (Lipinski definition) is 2. The average molecular weight is 272 g/mol. The maximum atomic E-state index is 11.8. The number of rotatable bonds is 3. The molecular weight excluding hydrogens is 252 g/mol. The standard InChI is InChI=1S/C14H14N2O2.C2H6/c1-10-2-4-11(5-3-10)8-16-14(18)12-6-7-13(17)15-9-12;1-2/h2-7,9H,8H2,1H3,(H,15,17)(H,16,18);1-2H3. The fourth-order valence-electron chi connectivity index (χ4n) is 1.54. The summed E-state index contributed by atoms with van der Waals surface area (Å²) in [4.78, 5) is 25.1. The predicted octanol–water partition coefficient (Wildman–Crippen LogP) is 2.64. The average Bonchev–Trinajstić information content (AvgIpc) is 2.49. The van der Waals surface area contributed by atoms with Gasteiger partial charge in [-0.1, -0.05) is 43.7 Å². The molecule has 2 N–H and O–H groups in total. The number of carbonyl (C=O) groups is 1. The van der Waals surface area contributed by atoms with Gasteiger partial charge in [-0.25, -0.2) is 0 Å². The minimum atomic E-state index is -0.218. The summed E-state index contributed by atoms with van der Waals surface area (Å²) in [6, 6.07) is 10.8. The van der Waals surface area contributed by atoms with E-state index in [9.17, 15) is 9.59 Å². The number of amides is 1. The molecule has 0 aliphatic heterocycles. The molecule has 2 rings (SSSR count). The van der Waals surface area contributed by atoms with Crippen molar-refractivity contribution in [1.82, 2.24) is 10.3 Å². The first kappa shape index (κ1) is 15.7. The van der Waals surface area contributed by atoms with Crippen molar-refractivity contribution < 1.29 is 4.79 Å². The molecule has 0 aliphatic rings. The van der Waals surface area contributed by atoms with Crippen LogP contribution in [0, 0.1) is 6.92 Å². The van der Waals surface area contributed by atoms with Crippen molar-refractivity contribution >= 4 is 5.91 Å². The lowest BCUT2D eigenvalue weighted by Crippen LogP contribution is -2.23. The summed E-state index contributed by atoms with van der Waals surface area (Å²) in [7, 11) is 0. The summed E-state index contributed by atoms with van der Waals surface area (Å²) in [5.41, 5.74) is 2.45. The number of aromatic amines is 1. The van der Waals surface area contributed by atoms with Crippen LogP contribution in [0.2, 0.25) is 0 Å². The van der Waals surface area contributed by atoms with Crippen LogP contribution >= 0.6 is 0 Å². The van der Waals surface area contributed by atoms with Crippen LogP contribution in [0.4, 0.5) is 0 Å². The Bertz CT molecular complexity index is 580. The molecule has 0 radical (unpaired) electrons. The quantitative estimate of drug-likeness (QED) is 0.902. The number of pyridine rings is 1. The molecule has 2 aromatic rings. The molecule has 0 saturated heterocycles. The van der Waals surface area contributed by atoms with E-state index >= 15 is 0 Å². The molecule has 0 aliphatic carbocycles. The van der Waals surface area contributed by atoms with E-state index in [0.29, 0.717) is 12.1 Å². The highest BCUT2D eigenvalue weighted by atomic mass is 16.1. The van der Waals surface area contributed by atoms with Gasteiger partial charge in [0.1, 0.15) is 0 Å². The molecule has 0 spiro atoms. The van der Waals surface area contributed by atoms with E-state index in [0.717, 1.165) is 5.56 Å². The van der Waals surface area contributed by atoms with E-state index < -0.39 is 0 Å². The van der Waals surface area contributed by atoms with Crippen molar-refractivity contribution in [3.05, 3.63) is 69.6 Å². The minimum absolute atomic E-state index is 0.202. The lowest BCUT2D eigenvalue weighted by molar-refractivity contribution is 0.0950. The molecule has 0 saturated carbocycles. The molecule has 0 bridgehead atoms. The lowest BCUT2D eigenvalue weighted by Gasteiger charge is -2.05. The van der Waals surface area contributed by atoms with E-state index in [2.05, 4.69) is 10.3 Å². The highest BCUT2D eigenvalue weighted by Gasteiger charge is 2.04. The zero-order valence-electron chi connectivity index (χ0n) is 12.1. The zero-order chi connectivity index (χ0) is 15.0. The van der Waals surface area contributed by atoms with Gasteiger partial charge in [0, 0.05) is 18.8 Å². The summed E-state index contributed by atoms with van der Waals surface area (Å²) in [5, 5.41) is 2.79. The Balaban J connectivity index is 0.000000956. The second-order valence-electron chi connectivity index (χ2n) is 4.11. The van der Waals surface area contributed by atoms with Crippen LogP contribution in [-0.2, 0) is 6.54 Å². The van der Waals surface area contributed by atoms with Crippen molar-refractivity contribution in [2.75, 3.05) is 0 Å². The first-order valence-corrected chi connectivity index (χ1v) is 6.67. The number of aromatic nitrogens is 1. The molecule has 20 heavy (non-hydrogen) atoms. The molecule has 1 aromatic carbocycles. The molecule has 1 aromatic heterocycles. The predicted molar refractivity (Wildman–Crippen MR) is 80.8 cm³/mol. The molecule has 4 nitrogen and oxygen atoms in total. The maximum absolute atomic E-state index is 11.8. The van der Waals surface area contributed by atoms with Gasteiger partial charge in [0.25, 0.3) is 5.91 Å². The van der Waals surface area contributed by atoms with Gasteiger partial charge in [0.2, 0.25) is 5.56 Å². The monoisotopic (exact) mass is 272 g/mol. The van der Waals surface area contributed by atoms with E-state index in [-0.39, 0.29) is 11.5 Å². The number of carbonyl (C=O) groups excluding carboxylic acids is 1. The Hall–Kier alpha value is -2.36. The van der Waals surface area contributed by atoms with Crippen molar-refractivity contribution in [3.8, 4) is 0 Å². The van der Waals surface area contributed by atoms with Gasteiger partial charge in [-0.2, -0.15) is 0 Å². The molecule has 0 atom stereocenters. The fourth-order valence-corrected chi connectivity index (χ4v) is 1.54. The SMILES string of the molecule is CC.Cc1ccc(CNC(=O)c2ccc(=O)[nH]c2)cc1. The van der Waals surface area contributed by atoms with E-state index in [1.165, 1.54) is 23.9 Å². The van der Waals surface area contributed by atoms with E-state index in [1.54, 1.807) is 0 Å². The van der Waals surface area contributed by atoms with Crippen LogP contribution in [0.5, 0.6) is 0 Å². The number of nitrogens with one attached hydrogen (secondary N) is 2. The Labute approximate surface area is 118 Å². The summed E-state index contributed by atoms with van der Waals surface area (Å²) in [6.07, 6.45) is 1.41. The molecule has 1 heterocycles. The topological polar surface area (TPSA) is 62.0 Å². The normalized spacial score (nSPS) is 9.35. The highest BCUT2D eigenvalue weighted by Crippen LogP contribution is 2.03. The van der Waals surface area contributed by atoms with Gasteiger partial charge in [-0.3, -0.25) is 9.59 Å². The van der Waals surface area contributed by atoms with Crippen LogP contribution in [0.15, 0.2) is 47.4 Å². The maximum Gasteiger partial charge on any atom is 0.253 e. The number of aryl methyl sites for hydroxylation is 1. The van der Waals surface area contributed by atoms with E-state index in [1.807, 2.05) is 45.0 Å². The zero-order valence-corrected chi connectivity index (χ0v) is 12.1. The molecule has 4 heteroatoms. The molecule has 0 fully saturated rings. The van der Waals surface area contributed by atoms with Crippen LogP contribution < -0.4 is 10.9 Å². The van der Waals surface area contributed by atoms with Gasteiger partial charge in [0.05, 0.1) is 5.56 Å². The van der Waals surface area contributed by atoms with Crippen molar-refractivity contribution in [2.45, 2.75) is 27.3 Å². The minimum Gasteiger partial charge on any atom is -0.348 e.